The van der Waals surface area contributed by atoms with Crippen LogP contribution in [0.2, 0.25) is 0 Å². The van der Waals surface area contributed by atoms with E-state index < -0.39 is 40.0 Å². The molecule has 4 aromatic rings. The van der Waals surface area contributed by atoms with E-state index >= 15 is 0 Å². The first-order chi connectivity index (χ1) is 21.6. The van der Waals surface area contributed by atoms with Crippen LogP contribution in [0.25, 0.3) is 5.69 Å². The Bertz CT molecular complexity index is 1760. The summed E-state index contributed by atoms with van der Waals surface area (Å²) in [6.45, 7) is 3.55. The van der Waals surface area contributed by atoms with Crippen molar-refractivity contribution in [1.29, 1.82) is 0 Å². The van der Waals surface area contributed by atoms with Gasteiger partial charge in [-0.1, -0.05) is 36.4 Å². The number of aryl methyl sites for hydroxylation is 1. The molecule has 2 bridgehead atoms. The zero-order chi connectivity index (χ0) is 32.0. The van der Waals surface area contributed by atoms with Crippen LogP contribution in [0, 0.1) is 6.92 Å². The SMILES string of the molecule is Cc1ccc(-n2cccn2)cc1S(=O)(=O)N[C@H]1CCCCNC(=O)[C@H](Cc2ccccc2)NC(=O)c2coc(n2)[C@H](C)NC1=O. The van der Waals surface area contributed by atoms with Gasteiger partial charge in [-0.15, -0.1) is 0 Å². The van der Waals surface area contributed by atoms with Gasteiger partial charge >= 0.3 is 0 Å². The molecule has 0 saturated heterocycles. The molecule has 2 aromatic heterocycles. The van der Waals surface area contributed by atoms with Crippen LogP contribution in [0.15, 0.2) is 82.6 Å². The highest BCUT2D eigenvalue weighted by Gasteiger charge is 2.30. The molecule has 236 valence electrons. The van der Waals surface area contributed by atoms with Crippen LogP contribution in [-0.2, 0) is 26.0 Å². The van der Waals surface area contributed by atoms with Crippen LogP contribution in [0.5, 0.6) is 0 Å². The summed E-state index contributed by atoms with van der Waals surface area (Å²) >= 11 is 0. The second-order valence-corrected chi connectivity index (χ2v) is 12.6. The molecule has 0 unspecified atom stereocenters. The second kappa shape index (κ2) is 13.9. The minimum atomic E-state index is -4.15. The molecule has 0 saturated carbocycles. The molecule has 0 fully saturated rings. The first kappa shape index (κ1) is 31.6. The number of hydrogen-bond donors (Lipinski definition) is 4. The summed E-state index contributed by atoms with van der Waals surface area (Å²) in [6, 6.07) is 13.2. The predicted molar refractivity (Wildman–Crippen MR) is 164 cm³/mol. The lowest BCUT2D eigenvalue weighted by atomic mass is 10.0. The maximum atomic E-state index is 13.6. The van der Waals surface area contributed by atoms with Crippen LogP contribution in [0.3, 0.4) is 0 Å². The Labute approximate surface area is 260 Å². The third kappa shape index (κ3) is 7.83. The molecule has 1 aliphatic heterocycles. The molecule has 3 atom stereocenters. The normalized spacial score (nSPS) is 20.2. The van der Waals surface area contributed by atoms with Crippen LogP contribution >= 0.6 is 0 Å². The molecule has 3 amide bonds. The number of benzene rings is 2. The summed E-state index contributed by atoms with van der Waals surface area (Å²) in [5.41, 5.74) is 1.85. The molecule has 1 aliphatic rings. The quantitative estimate of drug-likeness (QED) is 0.250. The number of carbonyl (C=O) groups is 3. The number of nitrogens with one attached hydrogen (secondary N) is 4. The number of nitrogens with zero attached hydrogens (tertiary/aromatic N) is 3. The summed E-state index contributed by atoms with van der Waals surface area (Å²) in [7, 11) is -4.15. The summed E-state index contributed by atoms with van der Waals surface area (Å²) in [6.07, 6.45) is 5.75. The van der Waals surface area contributed by atoms with Gasteiger partial charge in [-0.25, -0.2) is 18.1 Å². The minimum absolute atomic E-state index is 0.0172. The van der Waals surface area contributed by atoms with Crippen LogP contribution in [0.1, 0.15) is 59.7 Å². The minimum Gasteiger partial charge on any atom is -0.446 e. The first-order valence-electron chi connectivity index (χ1n) is 14.6. The van der Waals surface area contributed by atoms with Crippen LogP contribution in [-0.4, -0.2) is 59.5 Å². The monoisotopic (exact) mass is 633 g/mol. The van der Waals surface area contributed by atoms with Gasteiger partial charge in [-0.05, 0) is 62.4 Å². The van der Waals surface area contributed by atoms with Crippen molar-refractivity contribution in [2.75, 3.05) is 6.54 Å². The Kier molecular flexibility index (Phi) is 9.74. The molecular formula is C31H35N7O6S. The van der Waals surface area contributed by atoms with Crippen molar-refractivity contribution in [1.82, 2.24) is 35.4 Å². The lowest BCUT2D eigenvalue weighted by molar-refractivity contribution is -0.124. The van der Waals surface area contributed by atoms with Crippen LogP contribution < -0.4 is 20.7 Å². The molecule has 4 N–H and O–H groups in total. The zero-order valence-corrected chi connectivity index (χ0v) is 25.7. The number of hydrogen-bond acceptors (Lipinski definition) is 8. The number of amides is 3. The highest BCUT2D eigenvalue weighted by molar-refractivity contribution is 7.89. The fourth-order valence-corrected chi connectivity index (χ4v) is 6.50. The topological polar surface area (TPSA) is 177 Å². The number of oxazole rings is 1. The summed E-state index contributed by atoms with van der Waals surface area (Å²) in [5.74, 6) is -1.52. The van der Waals surface area contributed by atoms with E-state index in [1.165, 1.54) is 6.07 Å². The number of rotatable bonds is 6. The van der Waals surface area contributed by atoms with E-state index in [1.807, 2.05) is 30.3 Å². The lowest BCUT2D eigenvalue weighted by Crippen LogP contribution is -2.49. The van der Waals surface area contributed by atoms with Gasteiger partial charge in [0, 0.05) is 25.4 Å². The standard InChI is InChI=1S/C31H35N7O6S/c1-20-12-13-23(38-16-8-15-33-38)18-27(20)45(42,43)37-24-11-6-7-14-32-28(39)25(17-22-9-4-3-5-10-22)35-30(41)26-19-44-31(36-26)21(2)34-29(24)40/h3-5,8-10,12-13,15-16,18-19,21,24-25,37H,6-7,11,14,17H2,1-2H3,(H,32,39)(H,34,40)(H,35,41)/t21-,24-,25-/m0/s1. The Balaban J connectivity index is 1.37. The molecule has 5 rings (SSSR count). The average molecular weight is 634 g/mol. The second-order valence-electron chi connectivity index (χ2n) is 10.9. The van der Waals surface area contributed by atoms with Crippen molar-refractivity contribution in [3.63, 3.8) is 0 Å². The van der Waals surface area contributed by atoms with Gasteiger partial charge in [0.15, 0.2) is 5.69 Å². The van der Waals surface area contributed by atoms with E-state index in [9.17, 15) is 22.8 Å². The predicted octanol–water partition coefficient (Wildman–Crippen LogP) is 2.33. The van der Waals surface area contributed by atoms with Crippen molar-refractivity contribution in [3.8, 4) is 5.69 Å². The first-order valence-corrected chi connectivity index (χ1v) is 16.1. The molecule has 0 aliphatic carbocycles. The van der Waals surface area contributed by atoms with Gasteiger partial charge in [-0.3, -0.25) is 14.4 Å². The molecule has 13 nitrogen and oxygen atoms in total. The van der Waals surface area contributed by atoms with Crippen molar-refractivity contribution in [2.24, 2.45) is 0 Å². The fraction of sp³-hybridized carbons (Fsp3) is 0.323. The highest BCUT2D eigenvalue weighted by atomic mass is 32.2. The van der Waals surface area contributed by atoms with Gasteiger partial charge in [0.05, 0.1) is 10.6 Å². The van der Waals surface area contributed by atoms with E-state index in [-0.39, 0.29) is 41.8 Å². The highest BCUT2D eigenvalue weighted by Crippen LogP contribution is 2.21. The number of aromatic nitrogens is 3. The van der Waals surface area contributed by atoms with Gasteiger partial charge in [0.2, 0.25) is 27.7 Å². The van der Waals surface area contributed by atoms with E-state index in [1.54, 1.807) is 49.1 Å². The number of carbonyl (C=O) groups excluding carboxylic acids is 3. The van der Waals surface area contributed by atoms with Gasteiger partial charge < -0.3 is 20.4 Å². The van der Waals surface area contributed by atoms with E-state index in [0.717, 1.165) is 11.8 Å². The Morgan fingerprint density at radius 1 is 1.02 bits per heavy atom. The van der Waals surface area contributed by atoms with E-state index in [0.29, 0.717) is 24.1 Å². The molecule has 45 heavy (non-hydrogen) atoms. The largest absolute Gasteiger partial charge is 0.446 e. The average Bonchev–Trinajstić information content (AvgIpc) is 3.74. The molecule has 2 aromatic carbocycles. The maximum absolute atomic E-state index is 13.6. The Morgan fingerprint density at radius 3 is 2.58 bits per heavy atom. The van der Waals surface area contributed by atoms with Gasteiger partial charge in [-0.2, -0.15) is 9.82 Å². The number of sulfonamides is 1. The maximum Gasteiger partial charge on any atom is 0.273 e. The Hall–Kier alpha value is -4.82. The summed E-state index contributed by atoms with van der Waals surface area (Å²) in [5, 5.41) is 12.5. The van der Waals surface area contributed by atoms with Crippen LogP contribution in [0.4, 0.5) is 0 Å². The van der Waals surface area contributed by atoms with Gasteiger partial charge in [0.25, 0.3) is 5.91 Å². The third-order valence-electron chi connectivity index (χ3n) is 7.45. The van der Waals surface area contributed by atoms with Gasteiger partial charge in [0.1, 0.15) is 24.4 Å². The van der Waals surface area contributed by atoms with Crippen molar-refractivity contribution in [2.45, 2.75) is 62.6 Å². The van der Waals surface area contributed by atoms with Crippen molar-refractivity contribution >= 4 is 27.7 Å². The fourth-order valence-electron chi connectivity index (χ4n) is 5.00. The van der Waals surface area contributed by atoms with Crippen molar-refractivity contribution in [3.05, 3.63) is 96.0 Å². The smallest absolute Gasteiger partial charge is 0.273 e. The number of fused-ring (bicyclic) bond motifs is 2. The van der Waals surface area contributed by atoms with E-state index in [2.05, 4.69) is 30.8 Å². The molecule has 0 spiro atoms. The summed E-state index contributed by atoms with van der Waals surface area (Å²) < 4.78 is 36.9. The third-order valence-corrected chi connectivity index (χ3v) is 9.06. The lowest BCUT2D eigenvalue weighted by Gasteiger charge is -2.22. The molecule has 0 radical (unpaired) electrons. The zero-order valence-electron chi connectivity index (χ0n) is 24.9. The summed E-state index contributed by atoms with van der Waals surface area (Å²) in [4.78, 5) is 43.9. The molecular weight excluding hydrogens is 598 g/mol. The van der Waals surface area contributed by atoms with E-state index in [4.69, 9.17) is 4.42 Å². The Morgan fingerprint density at radius 2 is 1.82 bits per heavy atom. The molecule has 3 heterocycles. The molecule has 14 heteroatoms. The van der Waals surface area contributed by atoms with Crippen molar-refractivity contribution < 1.29 is 27.2 Å².